The Morgan fingerprint density at radius 1 is 1.38 bits per heavy atom. The summed E-state index contributed by atoms with van der Waals surface area (Å²) < 4.78 is 0. The fourth-order valence-electron chi connectivity index (χ4n) is 3.01. The number of likely N-dealkylation sites (N-methyl/N-ethyl adjacent to an activating group) is 1. The fraction of sp³-hybridized carbons (Fsp3) is 0.533. The number of anilines is 1. The molecule has 2 unspecified atom stereocenters. The predicted molar refractivity (Wildman–Crippen MR) is 82.0 cm³/mol. The van der Waals surface area contributed by atoms with Gasteiger partial charge in [0.25, 0.3) is 5.69 Å². The van der Waals surface area contributed by atoms with Gasteiger partial charge in [-0.05, 0) is 33.0 Å². The Kier molecular flexibility index (Phi) is 4.27. The fourth-order valence-corrected chi connectivity index (χ4v) is 3.01. The van der Waals surface area contributed by atoms with Crippen molar-refractivity contribution in [1.82, 2.24) is 4.90 Å². The van der Waals surface area contributed by atoms with Crippen LogP contribution in [-0.4, -0.2) is 48.8 Å². The molecule has 6 heteroatoms. The summed E-state index contributed by atoms with van der Waals surface area (Å²) in [4.78, 5) is 26.6. The molecule has 0 aromatic heterocycles. The number of carbonyl (C=O) groups is 1. The molecule has 114 valence electrons. The van der Waals surface area contributed by atoms with E-state index in [2.05, 4.69) is 16.7 Å². The summed E-state index contributed by atoms with van der Waals surface area (Å²) in [6.45, 7) is 5.31. The molecule has 6 nitrogen and oxygen atoms in total. The van der Waals surface area contributed by atoms with Crippen LogP contribution in [0.5, 0.6) is 0 Å². The van der Waals surface area contributed by atoms with Crippen molar-refractivity contribution in [2.24, 2.45) is 5.92 Å². The molecule has 0 saturated carbocycles. The van der Waals surface area contributed by atoms with Gasteiger partial charge >= 0.3 is 0 Å². The molecule has 1 aromatic rings. The number of nitro groups is 1. The zero-order valence-electron chi connectivity index (χ0n) is 12.9. The van der Waals surface area contributed by atoms with Gasteiger partial charge in [0.15, 0.2) is 5.78 Å². The SMILES string of the molecule is CC(=O)c1cc([N+](=O)[O-])ccc1N1CC(C)C(N(C)C)C1. The first-order valence-corrected chi connectivity index (χ1v) is 7.02. The highest BCUT2D eigenvalue weighted by Crippen LogP contribution is 2.31. The molecular formula is C15H21N3O3. The number of non-ortho nitro benzene ring substituents is 1. The van der Waals surface area contributed by atoms with Crippen LogP contribution in [0, 0.1) is 16.0 Å². The largest absolute Gasteiger partial charge is 0.369 e. The van der Waals surface area contributed by atoms with E-state index in [4.69, 9.17) is 0 Å². The molecular weight excluding hydrogens is 270 g/mol. The van der Waals surface area contributed by atoms with E-state index in [0.29, 0.717) is 17.5 Å². The first-order chi connectivity index (χ1) is 9.81. The molecule has 0 aliphatic carbocycles. The Bertz CT molecular complexity index is 571. The lowest BCUT2D eigenvalue weighted by atomic mass is 10.1. The molecule has 1 aliphatic rings. The van der Waals surface area contributed by atoms with Crippen molar-refractivity contribution < 1.29 is 9.72 Å². The van der Waals surface area contributed by atoms with E-state index in [1.807, 2.05) is 14.1 Å². The Morgan fingerprint density at radius 3 is 2.52 bits per heavy atom. The van der Waals surface area contributed by atoms with Crippen LogP contribution in [0.25, 0.3) is 0 Å². The van der Waals surface area contributed by atoms with E-state index in [9.17, 15) is 14.9 Å². The molecule has 2 rings (SSSR count). The molecule has 1 aromatic carbocycles. The van der Waals surface area contributed by atoms with Gasteiger partial charge in [-0.1, -0.05) is 6.92 Å². The van der Waals surface area contributed by atoms with Crippen LogP contribution in [0.3, 0.4) is 0 Å². The smallest absolute Gasteiger partial charge is 0.270 e. The average molecular weight is 291 g/mol. The maximum absolute atomic E-state index is 11.8. The molecule has 0 amide bonds. The van der Waals surface area contributed by atoms with Crippen LogP contribution in [0.2, 0.25) is 0 Å². The molecule has 0 spiro atoms. The highest BCUT2D eigenvalue weighted by Gasteiger charge is 2.32. The number of hydrogen-bond acceptors (Lipinski definition) is 5. The van der Waals surface area contributed by atoms with Gasteiger partial charge in [-0.25, -0.2) is 0 Å². The normalized spacial score (nSPS) is 21.9. The molecule has 1 fully saturated rings. The lowest BCUT2D eigenvalue weighted by molar-refractivity contribution is -0.384. The van der Waals surface area contributed by atoms with Gasteiger partial charge in [-0.3, -0.25) is 14.9 Å². The van der Waals surface area contributed by atoms with Crippen molar-refractivity contribution in [2.45, 2.75) is 19.9 Å². The van der Waals surface area contributed by atoms with E-state index >= 15 is 0 Å². The summed E-state index contributed by atoms with van der Waals surface area (Å²) in [5, 5.41) is 10.9. The molecule has 0 bridgehead atoms. The van der Waals surface area contributed by atoms with Gasteiger partial charge in [0.1, 0.15) is 0 Å². The molecule has 2 atom stereocenters. The highest BCUT2D eigenvalue weighted by molar-refractivity contribution is 6.00. The number of nitro benzene ring substituents is 1. The summed E-state index contributed by atoms with van der Waals surface area (Å²) in [6, 6.07) is 4.96. The van der Waals surface area contributed by atoms with Gasteiger partial charge < -0.3 is 9.80 Å². The number of ketones is 1. The van der Waals surface area contributed by atoms with E-state index in [1.54, 1.807) is 6.07 Å². The second kappa shape index (κ2) is 5.81. The maximum atomic E-state index is 11.8. The number of Topliss-reactive ketones (excluding diaryl/α,β-unsaturated/α-hetero) is 1. The summed E-state index contributed by atoms with van der Waals surface area (Å²) in [7, 11) is 4.10. The zero-order chi connectivity index (χ0) is 15.7. The molecule has 1 heterocycles. The number of nitrogens with zero attached hydrogens (tertiary/aromatic N) is 3. The summed E-state index contributed by atoms with van der Waals surface area (Å²) in [6.07, 6.45) is 0. The maximum Gasteiger partial charge on any atom is 0.270 e. The second-order valence-electron chi connectivity index (χ2n) is 5.93. The first-order valence-electron chi connectivity index (χ1n) is 7.02. The van der Waals surface area contributed by atoms with Gasteiger partial charge in [-0.2, -0.15) is 0 Å². The average Bonchev–Trinajstić information content (AvgIpc) is 2.80. The van der Waals surface area contributed by atoms with Crippen LogP contribution in [0.15, 0.2) is 18.2 Å². The quantitative estimate of drug-likeness (QED) is 0.483. The topological polar surface area (TPSA) is 66.7 Å². The van der Waals surface area contributed by atoms with Crippen LogP contribution < -0.4 is 4.90 Å². The second-order valence-corrected chi connectivity index (χ2v) is 5.93. The Labute approximate surface area is 124 Å². The number of carbonyl (C=O) groups excluding carboxylic acids is 1. The minimum atomic E-state index is -0.467. The van der Waals surface area contributed by atoms with E-state index in [0.717, 1.165) is 18.8 Å². The highest BCUT2D eigenvalue weighted by atomic mass is 16.6. The van der Waals surface area contributed by atoms with Crippen molar-refractivity contribution >= 4 is 17.2 Å². The molecule has 1 saturated heterocycles. The monoisotopic (exact) mass is 291 g/mol. The number of rotatable bonds is 4. The van der Waals surface area contributed by atoms with E-state index in [1.165, 1.54) is 19.1 Å². The third-order valence-electron chi connectivity index (χ3n) is 4.15. The third kappa shape index (κ3) is 3.05. The van der Waals surface area contributed by atoms with Crippen LogP contribution >= 0.6 is 0 Å². The molecule has 0 radical (unpaired) electrons. The third-order valence-corrected chi connectivity index (χ3v) is 4.15. The standard InChI is InChI=1S/C15H21N3O3/c1-10-8-17(9-15(10)16(3)4)14-6-5-12(18(20)21)7-13(14)11(2)19/h5-7,10,15H,8-9H2,1-4H3. The van der Waals surface area contributed by atoms with Crippen molar-refractivity contribution in [3.63, 3.8) is 0 Å². The number of benzene rings is 1. The molecule has 21 heavy (non-hydrogen) atoms. The van der Waals surface area contributed by atoms with Crippen molar-refractivity contribution in [3.05, 3.63) is 33.9 Å². The van der Waals surface area contributed by atoms with E-state index in [-0.39, 0.29) is 11.5 Å². The number of hydrogen-bond donors (Lipinski definition) is 0. The summed E-state index contributed by atoms with van der Waals surface area (Å²) in [5.74, 6) is 0.338. The molecule has 1 aliphatic heterocycles. The predicted octanol–water partition coefficient (Wildman–Crippen LogP) is 2.18. The van der Waals surface area contributed by atoms with Crippen LogP contribution in [0.1, 0.15) is 24.2 Å². The zero-order valence-corrected chi connectivity index (χ0v) is 12.9. The summed E-state index contributed by atoms with van der Waals surface area (Å²) in [5.41, 5.74) is 1.18. The minimum Gasteiger partial charge on any atom is -0.369 e. The van der Waals surface area contributed by atoms with Crippen molar-refractivity contribution in [1.29, 1.82) is 0 Å². The van der Waals surface area contributed by atoms with Gasteiger partial charge in [0, 0.05) is 42.5 Å². The lowest BCUT2D eigenvalue weighted by Crippen LogP contribution is -2.34. The lowest BCUT2D eigenvalue weighted by Gasteiger charge is -2.23. The molecule has 0 N–H and O–H groups in total. The van der Waals surface area contributed by atoms with Crippen LogP contribution in [-0.2, 0) is 0 Å². The van der Waals surface area contributed by atoms with Crippen LogP contribution in [0.4, 0.5) is 11.4 Å². The first kappa shape index (κ1) is 15.4. The minimum absolute atomic E-state index is 0.0413. The Morgan fingerprint density at radius 2 is 2.05 bits per heavy atom. The van der Waals surface area contributed by atoms with Gasteiger partial charge in [0.05, 0.1) is 4.92 Å². The Hall–Kier alpha value is -1.95. The van der Waals surface area contributed by atoms with Crippen molar-refractivity contribution in [3.8, 4) is 0 Å². The van der Waals surface area contributed by atoms with Gasteiger partial charge in [-0.15, -0.1) is 0 Å². The van der Waals surface area contributed by atoms with E-state index < -0.39 is 4.92 Å². The van der Waals surface area contributed by atoms with Crippen molar-refractivity contribution in [2.75, 3.05) is 32.1 Å². The Balaban J connectivity index is 2.36. The summed E-state index contributed by atoms with van der Waals surface area (Å²) >= 11 is 0. The van der Waals surface area contributed by atoms with Gasteiger partial charge in [0.2, 0.25) is 0 Å².